The molecule has 0 unspecified atom stereocenters. The molecule has 2 aromatic rings. The number of amides is 1. The monoisotopic (exact) mass is 448 g/mol. The molecule has 174 valence electrons. The van der Waals surface area contributed by atoms with Gasteiger partial charge in [-0.15, -0.1) is 0 Å². The number of ether oxygens (including phenoxy) is 1. The highest BCUT2D eigenvalue weighted by Crippen LogP contribution is 2.40. The van der Waals surface area contributed by atoms with Gasteiger partial charge in [-0.05, 0) is 31.9 Å². The van der Waals surface area contributed by atoms with E-state index in [-0.39, 0.29) is 18.6 Å². The van der Waals surface area contributed by atoms with Crippen LogP contribution >= 0.6 is 0 Å². The number of benzene rings is 1. The number of nitrogens with one attached hydrogen (secondary N) is 2. The molecule has 32 heavy (non-hydrogen) atoms. The molecule has 0 aliphatic carbocycles. The van der Waals surface area contributed by atoms with Crippen molar-refractivity contribution in [3.05, 3.63) is 53.6 Å². The Labute approximate surface area is 185 Å². The average Bonchev–Trinajstić information content (AvgIpc) is 3.26. The van der Waals surface area contributed by atoms with E-state index in [9.17, 15) is 14.3 Å². The second-order valence-corrected chi connectivity index (χ2v) is 8.52. The minimum atomic E-state index is -1.13. The number of piperidine rings is 1. The van der Waals surface area contributed by atoms with E-state index in [1.807, 2.05) is 12.4 Å². The first-order chi connectivity index (χ1) is 15.3. The van der Waals surface area contributed by atoms with E-state index < -0.39 is 29.0 Å². The molecule has 2 aliphatic rings. The van der Waals surface area contributed by atoms with Crippen molar-refractivity contribution in [2.24, 2.45) is 0 Å². The number of H-pyrrole nitrogens is 1. The van der Waals surface area contributed by atoms with Gasteiger partial charge in [0.15, 0.2) is 0 Å². The van der Waals surface area contributed by atoms with Crippen LogP contribution in [0.2, 0.25) is 0 Å². The van der Waals surface area contributed by atoms with Gasteiger partial charge in [-0.1, -0.05) is 12.1 Å². The molecule has 1 amide bonds. The number of carboxylic acid groups (broad SMARTS) is 1. The highest BCUT2D eigenvalue weighted by Gasteiger charge is 2.49. The molecule has 0 bridgehead atoms. The first-order valence-electron chi connectivity index (χ1n) is 10.5. The molecule has 2 aliphatic heterocycles. The van der Waals surface area contributed by atoms with Gasteiger partial charge in [-0.2, -0.15) is 5.10 Å². The van der Waals surface area contributed by atoms with Gasteiger partial charge in [-0.25, -0.2) is 4.39 Å². The van der Waals surface area contributed by atoms with E-state index in [2.05, 4.69) is 20.4 Å². The molecule has 1 aromatic heterocycles. The molecule has 0 radical (unpaired) electrons. The highest BCUT2D eigenvalue weighted by molar-refractivity contribution is 5.94. The molecule has 4 rings (SSSR count). The molecule has 1 spiro atoms. The molecule has 3 heterocycles. The predicted molar refractivity (Wildman–Crippen MR) is 113 cm³/mol. The van der Waals surface area contributed by atoms with Gasteiger partial charge >= 0.3 is 0 Å². The lowest BCUT2D eigenvalue weighted by Crippen LogP contribution is -2.63. The fraction of sp³-hybridized carbons (Fsp3) is 0.500. The second kappa shape index (κ2) is 10.2. The first kappa shape index (κ1) is 23.8. The maximum Gasteiger partial charge on any atom is 0.290 e. The van der Waals surface area contributed by atoms with Crippen molar-refractivity contribution in [1.29, 1.82) is 0 Å². The lowest BCUT2D eigenvalue weighted by atomic mass is 9.75. The van der Waals surface area contributed by atoms with Gasteiger partial charge < -0.3 is 20.3 Å². The number of aromatic nitrogens is 2. The number of carbonyl (C=O) groups is 2. The maximum absolute atomic E-state index is 13.9. The number of halogens is 1. The van der Waals surface area contributed by atoms with Crippen LogP contribution in [0.25, 0.3) is 0 Å². The minimum Gasteiger partial charge on any atom is -0.483 e. The summed E-state index contributed by atoms with van der Waals surface area (Å²) in [5.74, 6) is -1.12. The van der Waals surface area contributed by atoms with E-state index in [1.165, 1.54) is 18.2 Å². The summed E-state index contributed by atoms with van der Waals surface area (Å²) < 4.78 is 20.1. The molecular formula is C22H29FN4O5. The lowest BCUT2D eigenvalue weighted by molar-refractivity contribution is -0.186. The van der Waals surface area contributed by atoms with Gasteiger partial charge in [0.25, 0.3) is 12.4 Å². The van der Waals surface area contributed by atoms with Crippen LogP contribution in [-0.2, 0) is 16.1 Å². The van der Waals surface area contributed by atoms with Gasteiger partial charge in [0, 0.05) is 37.8 Å². The summed E-state index contributed by atoms with van der Waals surface area (Å²) in [6.45, 7) is 4.25. The Morgan fingerprint density at radius 1 is 1.41 bits per heavy atom. The molecular weight excluding hydrogens is 419 g/mol. The van der Waals surface area contributed by atoms with Crippen molar-refractivity contribution in [1.82, 2.24) is 20.4 Å². The van der Waals surface area contributed by atoms with Crippen LogP contribution in [0.1, 0.15) is 42.1 Å². The summed E-state index contributed by atoms with van der Waals surface area (Å²) in [5.41, 5.74) is -0.411. The topological polar surface area (TPSA) is 128 Å². The zero-order chi connectivity index (χ0) is 23.2. The number of aromatic amines is 1. The molecule has 9 nitrogen and oxygen atoms in total. The minimum absolute atomic E-state index is 0.0314. The van der Waals surface area contributed by atoms with Gasteiger partial charge in [0.05, 0.1) is 35.6 Å². The smallest absolute Gasteiger partial charge is 0.290 e. The third-order valence-corrected chi connectivity index (χ3v) is 6.14. The summed E-state index contributed by atoms with van der Waals surface area (Å²) in [7, 11) is 0. The quantitative estimate of drug-likeness (QED) is 0.523. The van der Waals surface area contributed by atoms with Crippen molar-refractivity contribution in [2.75, 3.05) is 19.7 Å². The van der Waals surface area contributed by atoms with Crippen molar-refractivity contribution < 1.29 is 28.9 Å². The SMILES string of the molecule is C[C@]1(O)CC2(CCN(Cc3cn[nH]c3)CC2)OC[C@@H]1NC(=O)c1ccccc1F.O=CO. The zero-order valence-electron chi connectivity index (χ0n) is 18.0. The number of nitrogens with zero attached hydrogens (tertiary/aromatic N) is 2. The van der Waals surface area contributed by atoms with E-state index in [1.54, 1.807) is 13.0 Å². The Balaban J connectivity index is 0.000000913. The fourth-order valence-electron chi connectivity index (χ4n) is 4.41. The van der Waals surface area contributed by atoms with Crippen LogP contribution in [-0.4, -0.2) is 74.6 Å². The molecule has 4 N–H and O–H groups in total. The normalized spacial score (nSPS) is 24.9. The van der Waals surface area contributed by atoms with E-state index in [4.69, 9.17) is 14.6 Å². The van der Waals surface area contributed by atoms with E-state index >= 15 is 0 Å². The van der Waals surface area contributed by atoms with Crippen LogP contribution in [0, 0.1) is 5.82 Å². The Kier molecular flexibility index (Phi) is 7.60. The van der Waals surface area contributed by atoms with Crippen molar-refractivity contribution in [3.8, 4) is 0 Å². The third-order valence-electron chi connectivity index (χ3n) is 6.14. The first-order valence-corrected chi connectivity index (χ1v) is 10.5. The van der Waals surface area contributed by atoms with Crippen molar-refractivity contribution >= 4 is 12.4 Å². The van der Waals surface area contributed by atoms with Crippen LogP contribution in [0.15, 0.2) is 36.7 Å². The van der Waals surface area contributed by atoms with Crippen LogP contribution in [0.5, 0.6) is 0 Å². The number of likely N-dealkylation sites (tertiary alicyclic amines) is 1. The average molecular weight is 448 g/mol. The molecule has 1 aromatic carbocycles. The molecule has 2 atom stereocenters. The molecule has 0 saturated carbocycles. The largest absolute Gasteiger partial charge is 0.483 e. The summed E-state index contributed by atoms with van der Waals surface area (Å²) in [5, 5.41) is 27.5. The summed E-state index contributed by atoms with van der Waals surface area (Å²) >= 11 is 0. The Morgan fingerprint density at radius 2 is 2.09 bits per heavy atom. The number of hydrogen-bond acceptors (Lipinski definition) is 6. The molecule has 2 fully saturated rings. The Morgan fingerprint density at radius 3 is 2.69 bits per heavy atom. The van der Waals surface area contributed by atoms with Crippen LogP contribution < -0.4 is 5.32 Å². The van der Waals surface area contributed by atoms with Gasteiger partial charge in [0.1, 0.15) is 5.82 Å². The zero-order valence-corrected chi connectivity index (χ0v) is 18.0. The number of carbonyl (C=O) groups excluding carboxylic acids is 1. The third kappa shape index (κ3) is 5.70. The summed E-state index contributed by atoms with van der Waals surface area (Å²) in [6, 6.07) is 5.23. The number of rotatable bonds is 4. The van der Waals surface area contributed by atoms with Crippen molar-refractivity contribution in [3.63, 3.8) is 0 Å². The summed E-state index contributed by atoms with van der Waals surface area (Å²) in [6.07, 6.45) is 5.79. The molecule has 2 saturated heterocycles. The second-order valence-electron chi connectivity index (χ2n) is 8.52. The predicted octanol–water partition coefficient (Wildman–Crippen LogP) is 1.55. The number of hydrogen-bond donors (Lipinski definition) is 4. The van der Waals surface area contributed by atoms with Crippen LogP contribution in [0.4, 0.5) is 4.39 Å². The van der Waals surface area contributed by atoms with Crippen molar-refractivity contribution in [2.45, 2.75) is 50.0 Å². The fourth-order valence-corrected chi connectivity index (χ4v) is 4.41. The molecule has 10 heteroatoms. The standard InChI is InChI=1S/C21H27FN4O3.CH2O2/c1-20(28)14-21(6-8-26(9-7-21)12-15-10-23-24-11-15)29-13-18(20)25-19(27)16-4-2-3-5-17(16)22;2-1-3/h2-5,10-11,18,28H,6-9,12-14H2,1H3,(H,23,24)(H,25,27);1H,(H,2,3)/t18-,20-;/m0./s1. The van der Waals surface area contributed by atoms with Gasteiger partial charge in [0.2, 0.25) is 0 Å². The highest BCUT2D eigenvalue weighted by atomic mass is 19.1. The van der Waals surface area contributed by atoms with Crippen LogP contribution in [0.3, 0.4) is 0 Å². The summed E-state index contributed by atoms with van der Waals surface area (Å²) in [4.78, 5) is 23.2. The van der Waals surface area contributed by atoms with E-state index in [0.29, 0.717) is 6.42 Å². The lowest BCUT2D eigenvalue weighted by Gasteiger charge is -2.51. The Bertz CT molecular complexity index is 897. The van der Waals surface area contributed by atoms with E-state index in [0.717, 1.165) is 38.0 Å². The maximum atomic E-state index is 13.9. The van der Waals surface area contributed by atoms with Gasteiger partial charge in [-0.3, -0.25) is 19.6 Å². The number of aliphatic hydroxyl groups is 1. The Hall–Kier alpha value is -2.82.